The van der Waals surface area contributed by atoms with Gasteiger partial charge in [0.2, 0.25) is 0 Å². The molecule has 1 amide bonds. The normalized spacial score (nSPS) is 19.7. The molecule has 0 radical (unpaired) electrons. The second kappa shape index (κ2) is 10.9. The van der Waals surface area contributed by atoms with Crippen LogP contribution in [0.25, 0.3) is 22.5 Å². The number of fused-ring (bicyclic) bond motifs is 1. The third-order valence-corrected chi connectivity index (χ3v) is 10.6. The minimum Gasteiger partial charge on any atom is -0.394 e. The molecular formula is C35H36F3N7O2. The number of nitrogens with one attached hydrogen (secondary N) is 1. The van der Waals surface area contributed by atoms with Crippen molar-refractivity contribution >= 4 is 17.5 Å². The first-order valence-corrected chi connectivity index (χ1v) is 16.2. The Morgan fingerprint density at radius 2 is 1.79 bits per heavy atom. The molecule has 0 unspecified atom stereocenters. The maximum atomic E-state index is 14.6. The van der Waals surface area contributed by atoms with Gasteiger partial charge in [0.25, 0.3) is 5.91 Å². The number of aromatic nitrogens is 4. The number of hydrogen-bond donors (Lipinski definition) is 2. The highest BCUT2D eigenvalue weighted by molar-refractivity contribution is 6.10. The number of anilines is 2. The lowest BCUT2D eigenvalue weighted by Crippen LogP contribution is -2.48. The fourth-order valence-corrected chi connectivity index (χ4v) is 7.53. The summed E-state index contributed by atoms with van der Waals surface area (Å²) in [5, 5.41) is 21.9. The van der Waals surface area contributed by atoms with Gasteiger partial charge in [-0.2, -0.15) is 13.2 Å². The summed E-state index contributed by atoms with van der Waals surface area (Å²) in [6.45, 7) is 1.80. The summed E-state index contributed by atoms with van der Waals surface area (Å²) in [6, 6.07) is 14.1. The smallest absolute Gasteiger partial charge is 0.394 e. The number of aliphatic hydroxyl groups is 1. The van der Waals surface area contributed by atoms with Crippen LogP contribution in [-0.4, -0.2) is 60.9 Å². The number of nitrogens with zero attached hydrogens (tertiary/aromatic N) is 6. The van der Waals surface area contributed by atoms with Gasteiger partial charge in [0.05, 0.1) is 24.3 Å². The molecule has 0 bridgehead atoms. The van der Waals surface area contributed by atoms with Crippen molar-refractivity contribution in [2.24, 2.45) is 12.5 Å². The maximum Gasteiger partial charge on any atom is 0.416 e. The van der Waals surface area contributed by atoms with Crippen LogP contribution >= 0.6 is 0 Å². The van der Waals surface area contributed by atoms with Gasteiger partial charge in [-0.15, -0.1) is 10.2 Å². The molecule has 1 spiro atoms. The third kappa shape index (κ3) is 5.37. The first kappa shape index (κ1) is 30.1. The van der Waals surface area contributed by atoms with E-state index in [2.05, 4.69) is 20.4 Å². The van der Waals surface area contributed by atoms with E-state index in [4.69, 9.17) is 4.98 Å². The number of carbonyl (C=O) groups excluding carboxylic acids is 1. The van der Waals surface area contributed by atoms with Crippen molar-refractivity contribution in [1.29, 1.82) is 0 Å². The highest BCUT2D eigenvalue weighted by Gasteiger charge is 2.48. The third-order valence-electron chi connectivity index (χ3n) is 10.6. The van der Waals surface area contributed by atoms with Crippen LogP contribution in [-0.2, 0) is 26.3 Å². The van der Waals surface area contributed by atoms with Crippen molar-refractivity contribution in [2.75, 3.05) is 29.9 Å². The molecule has 2 aromatic heterocycles. The van der Waals surface area contributed by atoms with Crippen molar-refractivity contribution in [3.8, 4) is 22.5 Å². The van der Waals surface area contributed by atoms with Crippen LogP contribution < -0.4 is 10.2 Å². The molecule has 0 atom stereocenters. The second-order valence-corrected chi connectivity index (χ2v) is 13.8. The lowest BCUT2D eigenvalue weighted by Gasteiger charge is -2.41. The topological polar surface area (TPSA) is 99.4 Å². The SMILES string of the molecule is Cn1cnnc1-c1ccccc1-c1cc(NC2(CO)CCC2)nc(N2Cc3c(cc(CN4CCC5(CC5)C4)cc3C(F)(F)F)C2=O)c1. The lowest BCUT2D eigenvalue weighted by atomic mass is 9.77. The average molecular weight is 644 g/mol. The minimum absolute atomic E-state index is 0.0293. The number of carbonyl (C=O) groups is 1. The Bertz CT molecular complexity index is 1870. The number of amides is 1. The lowest BCUT2D eigenvalue weighted by molar-refractivity contribution is -0.138. The quantitative estimate of drug-likeness (QED) is 0.242. The summed E-state index contributed by atoms with van der Waals surface area (Å²) in [5.74, 6) is 0.792. The second-order valence-electron chi connectivity index (χ2n) is 13.8. The van der Waals surface area contributed by atoms with Gasteiger partial charge in [-0.1, -0.05) is 24.3 Å². The maximum absolute atomic E-state index is 14.6. The predicted octanol–water partition coefficient (Wildman–Crippen LogP) is 6.04. The molecule has 244 valence electrons. The number of likely N-dealkylation sites (tertiary alicyclic amines) is 1. The molecule has 4 aliphatic rings. The largest absolute Gasteiger partial charge is 0.416 e. The fourth-order valence-electron chi connectivity index (χ4n) is 7.53. The van der Waals surface area contributed by atoms with Crippen LogP contribution in [0.4, 0.5) is 24.8 Å². The molecule has 2 aliphatic heterocycles. The zero-order valence-electron chi connectivity index (χ0n) is 26.1. The fraction of sp³-hybridized carbons (Fsp3) is 0.429. The highest BCUT2D eigenvalue weighted by Crippen LogP contribution is 2.53. The molecule has 8 rings (SSSR count). The standard InChI is InChI=1S/C35H36F3N7O2/c1-43-21-39-42-31(43)25-6-3-2-5-24(25)23-15-29(41-34(20-46)7-4-8-34)40-30(16-23)45-18-27-26(32(45)47)13-22(14-28(27)35(36,37)38)17-44-12-11-33(19-44)9-10-33/h2-3,5-6,13-16,21,46H,4,7-12,17-20H2,1H3,(H,40,41). The molecule has 12 heteroatoms. The monoisotopic (exact) mass is 643 g/mol. The van der Waals surface area contributed by atoms with Crippen LogP contribution in [0.15, 0.2) is 54.9 Å². The Hall–Kier alpha value is -4.29. The molecule has 47 heavy (non-hydrogen) atoms. The van der Waals surface area contributed by atoms with Crippen molar-refractivity contribution in [3.63, 3.8) is 0 Å². The van der Waals surface area contributed by atoms with Gasteiger partial charge in [0.15, 0.2) is 5.82 Å². The number of aryl methyl sites for hydroxylation is 1. The number of pyridine rings is 1. The number of halogens is 3. The number of benzene rings is 2. The van der Waals surface area contributed by atoms with Crippen LogP contribution in [0, 0.1) is 5.41 Å². The van der Waals surface area contributed by atoms with Gasteiger partial charge < -0.3 is 15.0 Å². The van der Waals surface area contributed by atoms with Crippen molar-refractivity contribution in [1.82, 2.24) is 24.6 Å². The van der Waals surface area contributed by atoms with E-state index in [9.17, 15) is 23.1 Å². The van der Waals surface area contributed by atoms with Gasteiger partial charge in [0, 0.05) is 31.3 Å². The van der Waals surface area contributed by atoms with Crippen molar-refractivity contribution in [2.45, 2.75) is 63.3 Å². The zero-order valence-corrected chi connectivity index (χ0v) is 26.1. The highest BCUT2D eigenvalue weighted by atomic mass is 19.4. The van der Waals surface area contributed by atoms with E-state index in [0.29, 0.717) is 34.7 Å². The van der Waals surface area contributed by atoms with E-state index in [0.717, 1.165) is 49.9 Å². The van der Waals surface area contributed by atoms with Gasteiger partial charge in [-0.05, 0) is 97.0 Å². The van der Waals surface area contributed by atoms with E-state index in [1.165, 1.54) is 23.8 Å². The first-order valence-electron chi connectivity index (χ1n) is 16.2. The average Bonchev–Trinajstić information content (AvgIpc) is 3.29. The molecular weight excluding hydrogens is 607 g/mol. The molecule has 2 saturated carbocycles. The number of aliphatic hydroxyl groups excluding tert-OH is 1. The number of hydrogen-bond acceptors (Lipinski definition) is 7. The van der Waals surface area contributed by atoms with Crippen LogP contribution in [0.1, 0.15) is 65.6 Å². The molecule has 3 fully saturated rings. The van der Waals surface area contributed by atoms with E-state index in [-0.39, 0.29) is 30.1 Å². The Kier molecular flexibility index (Phi) is 6.96. The Balaban J connectivity index is 1.20. The van der Waals surface area contributed by atoms with Gasteiger partial charge >= 0.3 is 6.18 Å². The summed E-state index contributed by atoms with van der Waals surface area (Å²) >= 11 is 0. The van der Waals surface area contributed by atoms with E-state index in [1.54, 1.807) is 23.0 Å². The minimum atomic E-state index is -4.62. The van der Waals surface area contributed by atoms with E-state index < -0.39 is 23.2 Å². The molecule has 2 aliphatic carbocycles. The Labute approximate surface area is 270 Å². The summed E-state index contributed by atoms with van der Waals surface area (Å²) in [5.41, 5.74) is 1.87. The Morgan fingerprint density at radius 1 is 1.00 bits per heavy atom. The zero-order chi connectivity index (χ0) is 32.6. The van der Waals surface area contributed by atoms with Crippen molar-refractivity contribution in [3.05, 3.63) is 77.1 Å². The number of alkyl halides is 3. The summed E-state index contributed by atoms with van der Waals surface area (Å²) < 4.78 is 45.5. The molecule has 4 heterocycles. The molecule has 2 N–H and O–H groups in total. The summed E-state index contributed by atoms with van der Waals surface area (Å²) in [4.78, 5) is 22.4. The first-order chi connectivity index (χ1) is 22.6. The van der Waals surface area contributed by atoms with E-state index in [1.807, 2.05) is 37.4 Å². The number of rotatable bonds is 8. The Morgan fingerprint density at radius 3 is 2.43 bits per heavy atom. The molecule has 9 nitrogen and oxygen atoms in total. The van der Waals surface area contributed by atoms with Crippen molar-refractivity contribution < 1.29 is 23.1 Å². The van der Waals surface area contributed by atoms with E-state index >= 15 is 0 Å². The molecule has 2 aromatic carbocycles. The van der Waals surface area contributed by atoms with Crippen LogP contribution in [0.2, 0.25) is 0 Å². The molecule has 4 aromatic rings. The van der Waals surface area contributed by atoms with Gasteiger partial charge in [-0.25, -0.2) is 4.98 Å². The predicted molar refractivity (Wildman–Crippen MR) is 170 cm³/mol. The van der Waals surface area contributed by atoms with Gasteiger partial charge in [-0.3, -0.25) is 14.6 Å². The van der Waals surface area contributed by atoms with Crippen LogP contribution in [0.5, 0.6) is 0 Å². The van der Waals surface area contributed by atoms with Crippen LogP contribution in [0.3, 0.4) is 0 Å². The van der Waals surface area contributed by atoms with Gasteiger partial charge in [0.1, 0.15) is 18.0 Å². The summed E-state index contributed by atoms with van der Waals surface area (Å²) in [6.07, 6.45) is 2.89. The molecule has 1 saturated heterocycles. The summed E-state index contributed by atoms with van der Waals surface area (Å²) in [7, 11) is 1.85.